The molecule has 7 heteroatoms. The van der Waals surface area contributed by atoms with Gasteiger partial charge >= 0.3 is 0 Å². The highest BCUT2D eigenvalue weighted by Gasteiger charge is 2.25. The predicted molar refractivity (Wildman–Crippen MR) is 112 cm³/mol. The number of anilines is 1. The molecule has 0 saturated carbocycles. The van der Waals surface area contributed by atoms with E-state index in [1.165, 1.54) is 7.11 Å². The van der Waals surface area contributed by atoms with Crippen molar-refractivity contribution >= 4 is 21.6 Å². The minimum absolute atomic E-state index is 0.186. The first-order valence-corrected chi connectivity index (χ1v) is 11.0. The molecule has 152 valence electrons. The average Bonchev–Trinajstić information content (AvgIpc) is 2.64. The summed E-state index contributed by atoms with van der Waals surface area (Å²) >= 11 is 0. The average molecular weight is 405 g/mol. The summed E-state index contributed by atoms with van der Waals surface area (Å²) in [6.45, 7) is 5.51. The summed E-state index contributed by atoms with van der Waals surface area (Å²) in [5, 5.41) is 2.94. The van der Waals surface area contributed by atoms with E-state index in [2.05, 4.69) is 5.32 Å². The molecule has 0 fully saturated rings. The fourth-order valence-corrected chi connectivity index (χ4v) is 3.82. The molecule has 0 spiro atoms. The zero-order valence-electron chi connectivity index (χ0n) is 17.0. The van der Waals surface area contributed by atoms with E-state index in [9.17, 15) is 13.2 Å². The van der Waals surface area contributed by atoms with Gasteiger partial charge < -0.3 is 10.1 Å². The molecule has 2 rings (SSSR count). The summed E-state index contributed by atoms with van der Waals surface area (Å²) < 4.78 is 31.2. The lowest BCUT2D eigenvalue weighted by molar-refractivity contribution is -0.120. The minimum Gasteiger partial charge on any atom is -0.495 e. The summed E-state index contributed by atoms with van der Waals surface area (Å²) in [6.07, 6.45) is 1.78. The van der Waals surface area contributed by atoms with Gasteiger partial charge in [-0.15, -0.1) is 0 Å². The highest BCUT2D eigenvalue weighted by Crippen LogP contribution is 2.31. The molecule has 0 bridgehead atoms. The van der Waals surface area contributed by atoms with Crippen LogP contribution in [0.25, 0.3) is 0 Å². The highest BCUT2D eigenvalue weighted by molar-refractivity contribution is 7.92. The number of hydrogen-bond acceptors (Lipinski definition) is 4. The van der Waals surface area contributed by atoms with Gasteiger partial charge in [-0.1, -0.05) is 42.8 Å². The first-order valence-electron chi connectivity index (χ1n) is 9.14. The molecule has 0 aliphatic rings. The molecule has 0 aliphatic carbocycles. The first kappa shape index (κ1) is 21.8. The zero-order chi connectivity index (χ0) is 20.9. The van der Waals surface area contributed by atoms with Crippen molar-refractivity contribution in [3.8, 4) is 5.75 Å². The number of nitrogens with zero attached hydrogens (tertiary/aromatic N) is 1. The third-order valence-electron chi connectivity index (χ3n) is 4.51. The maximum absolute atomic E-state index is 12.7. The van der Waals surface area contributed by atoms with Gasteiger partial charge in [0, 0.05) is 0 Å². The number of sulfonamides is 1. The lowest BCUT2D eigenvalue weighted by Crippen LogP contribution is -2.41. The smallest absolute Gasteiger partial charge is 0.241 e. The Morgan fingerprint density at radius 1 is 1.11 bits per heavy atom. The standard InChI is InChI=1S/C21H28N2O4S/c1-6-18(17-10-7-15(2)8-11-17)22-21(24)14-23(28(5,25)26)19-13-16(3)9-12-20(19)27-4/h7-13,18H,6,14H2,1-5H3,(H,22,24). The molecule has 0 aliphatic heterocycles. The second-order valence-electron chi connectivity index (χ2n) is 6.88. The Kier molecular flexibility index (Phi) is 7.07. The number of ether oxygens (including phenoxy) is 1. The predicted octanol–water partition coefficient (Wildman–Crippen LogP) is 3.35. The summed E-state index contributed by atoms with van der Waals surface area (Å²) in [7, 11) is -2.21. The van der Waals surface area contributed by atoms with Crippen LogP contribution in [0.5, 0.6) is 5.75 Å². The van der Waals surface area contributed by atoms with Crippen LogP contribution in [0.1, 0.15) is 36.1 Å². The Hall–Kier alpha value is -2.54. The van der Waals surface area contributed by atoms with Crippen LogP contribution in [0.3, 0.4) is 0 Å². The number of carbonyl (C=O) groups excluding carboxylic acids is 1. The van der Waals surface area contributed by atoms with Crippen molar-refractivity contribution in [3.05, 3.63) is 59.2 Å². The first-order chi connectivity index (χ1) is 13.2. The Morgan fingerprint density at radius 3 is 2.25 bits per heavy atom. The van der Waals surface area contributed by atoms with Crippen LogP contribution in [0, 0.1) is 13.8 Å². The maximum atomic E-state index is 12.7. The molecule has 1 atom stereocenters. The molecule has 0 saturated heterocycles. The van der Waals surface area contributed by atoms with Crippen molar-refractivity contribution in [2.24, 2.45) is 0 Å². The molecule has 0 radical (unpaired) electrons. The van der Waals surface area contributed by atoms with Crippen molar-refractivity contribution < 1.29 is 17.9 Å². The summed E-state index contributed by atoms with van der Waals surface area (Å²) in [5.74, 6) is 0.0239. The van der Waals surface area contributed by atoms with Crippen molar-refractivity contribution in [2.45, 2.75) is 33.2 Å². The van der Waals surface area contributed by atoms with E-state index in [1.54, 1.807) is 12.1 Å². The monoisotopic (exact) mass is 404 g/mol. The largest absolute Gasteiger partial charge is 0.495 e. The van der Waals surface area contributed by atoms with Gasteiger partial charge in [0.25, 0.3) is 0 Å². The maximum Gasteiger partial charge on any atom is 0.241 e. The number of benzene rings is 2. The number of hydrogen-bond donors (Lipinski definition) is 1. The fraction of sp³-hybridized carbons (Fsp3) is 0.381. The molecule has 2 aromatic carbocycles. The molecule has 0 aromatic heterocycles. The van der Waals surface area contributed by atoms with Crippen molar-refractivity contribution in [1.82, 2.24) is 5.32 Å². The van der Waals surface area contributed by atoms with Gasteiger partial charge in [0.15, 0.2) is 0 Å². The molecule has 1 amide bonds. The van der Waals surface area contributed by atoms with Gasteiger partial charge in [-0.3, -0.25) is 9.10 Å². The van der Waals surface area contributed by atoms with Gasteiger partial charge in [0.2, 0.25) is 15.9 Å². The summed E-state index contributed by atoms with van der Waals surface area (Å²) in [6, 6.07) is 13.0. The van der Waals surface area contributed by atoms with E-state index >= 15 is 0 Å². The number of amides is 1. The lowest BCUT2D eigenvalue weighted by Gasteiger charge is -2.25. The Morgan fingerprint density at radius 2 is 1.71 bits per heavy atom. The second-order valence-corrected chi connectivity index (χ2v) is 8.79. The van der Waals surface area contributed by atoms with E-state index in [4.69, 9.17) is 4.74 Å². The molecule has 0 heterocycles. The summed E-state index contributed by atoms with van der Waals surface area (Å²) in [4.78, 5) is 12.7. The molecular formula is C21H28N2O4S. The van der Waals surface area contributed by atoms with E-state index in [-0.39, 0.29) is 18.5 Å². The van der Waals surface area contributed by atoms with Crippen molar-refractivity contribution in [3.63, 3.8) is 0 Å². The zero-order valence-corrected chi connectivity index (χ0v) is 17.8. The molecule has 2 aromatic rings. The van der Waals surface area contributed by atoms with E-state index in [0.717, 1.165) is 27.3 Å². The third-order valence-corrected chi connectivity index (χ3v) is 5.64. The quantitative estimate of drug-likeness (QED) is 0.732. The van der Waals surface area contributed by atoms with Crippen LogP contribution in [0.2, 0.25) is 0 Å². The van der Waals surface area contributed by atoms with Crippen LogP contribution in [-0.4, -0.2) is 34.2 Å². The topological polar surface area (TPSA) is 75.7 Å². The van der Waals surface area contributed by atoms with Gasteiger partial charge in [-0.2, -0.15) is 0 Å². The van der Waals surface area contributed by atoms with E-state index in [0.29, 0.717) is 17.9 Å². The number of rotatable bonds is 8. The molecule has 1 N–H and O–H groups in total. The molecule has 6 nitrogen and oxygen atoms in total. The van der Waals surface area contributed by atoms with Crippen LogP contribution in [0.4, 0.5) is 5.69 Å². The normalized spacial score (nSPS) is 12.3. The Balaban J connectivity index is 2.26. The number of nitrogens with one attached hydrogen (secondary N) is 1. The number of methoxy groups -OCH3 is 1. The Labute approximate surface area is 167 Å². The minimum atomic E-state index is -3.68. The van der Waals surface area contributed by atoms with E-state index in [1.807, 2.05) is 51.1 Å². The van der Waals surface area contributed by atoms with E-state index < -0.39 is 10.0 Å². The molecular weight excluding hydrogens is 376 g/mol. The fourth-order valence-electron chi connectivity index (χ4n) is 2.97. The SMILES string of the molecule is CCC(NC(=O)CN(c1cc(C)ccc1OC)S(C)(=O)=O)c1ccc(C)cc1. The second kappa shape index (κ2) is 9.10. The molecule has 28 heavy (non-hydrogen) atoms. The number of aryl methyl sites for hydroxylation is 2. The Bertz CT molecular complexity index is 924. The molecule has 1 unspecified atom stereocenters. The van der Waals surface area contributed by atoms with Gasteiger partial charge in [-0.05, 0) is 43.5 Å². The highest BCUT2D eigenvalue weighted by atomic mass is 32.2. The van der Waals surface area contributed by atoms with Crippen molar-refractivity contribution in [1.29, 1.82) is 0 Å². The summed E-state index contributed by atoms with van der Waals surface area (Å²) in [5.41, 5.74) is 3.35. The van der Waals surface area contributed by atoms with Crippen LogP contribution >= 0.6 is 0 Å². The van der Waals surface area contributed by atoms with Crippen LogP contribution < -0.4 is 14.4 Å². The van der Waals surface area contributed by atoms with Crippen LogP contribution in [0.15, 0.2) is 42.5 Å². The number of carbonyl (C=O) groups is 1. The van der Waals surface area contributed by atoms with Crippen molar-refractivity contribution in [2.75, 3.05) is 24.2 Å². The van der Waals surface area contributed by atoms with Crippen LogP contribution in [-0.2, 0) is 14.8 Å². The lowest BCUT2D eigenvalue weighted by atomic mass is 10.0. The van der Waals surface area contributed by atoms with Gasteiger partial charge in [0.05, 0.1) is 25.1 Å². The van der Waals surface area contributed by atoms with Gasteiger partial charge in [-0.25, -0.2) is 8.42 Å². The third kappa shape index (κ3) is 5.48. The van der Waals surface area contributed by atoms with Gasteiger partial charge in [0.1, 0.15) is 12.3 Å².